The molecule has 2 rings (SSSR count). The molecule has 0 spiro atoms. The van der Waals surface area contributed by atoms with Crippen molar-refractivity contribution in [2.75, 3.05) is 6.61 Å². The average molecular weight is 285 g/mol. The standard InChI is InChI=1S/C9H18.C6H11NO2.C2H4.H2/c1-3-9-6-4-8(2)5-7-9;1-6(2-3-6)4-9-5(7)8;1-2;/h8-9H,3-7H2,1-2H3;2-4H2,1H3,(H2,7,8);1-2H2;1H. The van der Waals surface area contributed by atoms with Crippen molar-refractivity contribution in [1.82, 2.24) is 0 Å². The average Bonchev–Trinajstić information content (AvgIpc) is 3.19. The highest BCUT2D eigenvalue weighted by molar-refractivity contribution is 5.64. The number of carbonyl (C=O) groups excluding carboxylic acids is 1. The van der Waals surface area contributed by atoms with Crippen molar-refractivity contribution in [3.63, 3.8) is 0 Å². The summed E-state index contributed by atoms with van der Waals surface area (Å²) in [6.45, 7) is 13.3. The predicted octanol–water partition coefficient (Wildman–Crippen LogP) is 5.15. The highest BCUT2D eigenvalue weighted by Gasteiger charge is 2.38. The molecule has 0 aromatic carbocycles. The van der Waals surface area contributed by atoms with E-state index in [-0.39, 0.29) is 6.84 Å². The topological polar surface area (TPSA) is 52.3 Å². The monoisotopic (exact) mass is 285 g/mol. The molecule has 0 radical (unpaired) electrons. The van der Waals surface area contributed by atoms with Crippen LogP contribution < -0.4 is 5.73 Å². The summed E-state index contributed by atoms with van der Waals surface area (Å²) < 4.78 is 4.61. The third kappa shape index (κ3) is 9.00. The van der Waals surface area contributed by atoms with Gasteiger partial charge in [0.2, 0.25) is 0 Å². The Morgan fingerprint density at radius 3 is 2.15 bits per heavy atom. The molecule has 2 fully saturated rings. The maximum Gasteiger partial charge on any atom is 0.404 e. The van der Waals surface area contributed by atoms with Gasteiger partial charge in [0.05, 0.1) is 6.61 Å². The lowest BCUT2D eigenvalue weighted by atomic mass is 9.82. The van der Waals surface area contributed by atoms with E-state index in [0.717, 1.165) is 24.7 Å². The fraction of sp³-hybridized carbons (Fsp3) is 0.824. The van der Waals surface area contributed by atoms with E-state index >= 15 is 0 Å². The molecule has 2 aliphatic rings. The molecule has 0 saturated heterocycles. The molecule has 0 aromatic heterocycles. The van der Waals surface area contributed by atoms with Crippen LogP contribution in [-0.2, 0) is 4.74 Å². The molecule has 20 heavy (non-hydrogen) atoms. The molecule has 0 aromatic rings. The predicted molar refractivity (Wildman–Crippen MR) is 87.7 cm³/mol. The van der Waals surface area contributed by atoms with Crippen LogP contribution in [0.5, 0.6) is 0 Å². The SMILES string of the molecule is C=C.CC1(COC(N)=O)CC1.CCC1CCC(C)CC1.[HH]. The van der Waals surface area contributed by atoms with Gasteiger partial charge >= 0.3 is 6.09 Å². The largest absolute Gasteiger partial charge is 0.449 e. The Hall–Kier alpha value is -0.990. The zero-order valence-corrected chi connectivity index (χ0v) is 13.6. The number of nitrogens with two attached hydrogens (primary N) is 1. The van der Waals surface area contributed by atoms with Crippen molar-refractivity contribution in [2.45, 2.75) is 65.7 Å². The molecule has 0 bridgehead atoms. The van der Waals surface area contributed by atoms with Gasteiger partial charge in [0.1, 0.15) is 0 Å². The van der Waals surface area contributed by atoms with E-state index in [9.17, 15) is 4.79 Å². The summed E-state index contributed by atoms with van der Waals surface area (Å²) in [7, 11) is 0. The minimum atomic E-state index is -0.664. The van der Waals surface area contributed by atoms with E-state index in [1.807, 2.05) is 0 Å². The van der Waals surface area contributed by atoms with Gasteiger partial charge in [-0.15, -0.1) is 13.2 Å². The molecule has 3 heteroatoms. The van der Waals surface area contributed by atoms with Gasteiger partial charge in [-0.3, -0.25) is 0 Å². The van der Waals surface area contributed by atoms with E-state index < -0.39 is 6.09 Å². The summed E-state index contributed by atoms with van der Waals surface area (Å²) in [6.07, 6.45) is 9.02. The Balaban J connectivity index is 0. The van der Waals surface area contributed by atoms with Crippen LogP contribution in [0.2, 0.25) is 0 Å². The molecule has 120 valence electrons. The number of carbonyl (C=O) groups is 1. The number of hydrogen-bond acceptors (Lipinski definition) is 2. The lowest BCUT2D eigenvalue weighted by Crippen LogP contribution is -2.17. The van der Waals surface area contributed by atoms with E-state index in [2.05, 4.69) is 38.7 Å². The molecule has 0 atom stereocenters. The van der Waals surface area contributed by atoms with Crippen LogP contribution in [-0.4, -0.2) is 12.7 Å². The third-order valence-corrected chi connectivity index (χ3v) is 4.38. The highest BCUT2D eigenvalue weighted by atomic mass is 16.5. The second kappa shape index (κ2) is 9.84. The van der Waals surface area contributed by atoms with E-state index in [1.54, 1.807) is 0 Å². The molecule has 0 unspecified atom stereocenters. The van der Waals surface area contributed by atoms with Crippen LogP contribution in [0.1, 0.15) is 67.1 Å². The van der Waals surface area contributed by atoms with Gasteiger partial charge in [0.25, 0.3) is 0 Å². The van der Waals surface area contributed by atoms with E-state index in [4.69, 9.17) is 5.73 Å². The fourth-order valence-electron chi connectivity index (χ4n) is 2.34. The summed E-state index contributed by atoms with van der Waals surface area (Å²) in [6, 6.07) is 0. The van der Waals surface area contributed by atoms with Gasteiger partial charge < -0.3 is 10.5 Å². The molecule has 3 nitrogen and oxygen atoms in total. The number of hydrogen-bond donors (Lipinski definition) is 1. The Morgan fingerprint density at radius 2 is 1.80 bits per heavy atom. The van der Waals surface area contributed by atoms with Crippen LogP contribution in [0.15, 0.2) is 13.2 Å². The zero-order chi connectivity index (χ0) is 15.6. The van der Waals surface area contributed by atoms with Gasteiger partial charge in [-0.1, -0.05) is 52.9 Å². The normalized spacial score (nSPS) is 26.1. The van der Waals surface area contributed by atoms with Gasteiger partial charge in [0, 0.05) is 6.84 Å². The summed E-state index contributed by atoms with van der Waals surface area (Å²) in [4.78, 5) is 10.1. The fourth-order valence-corrected chi connectivity index (χ4v) is 2.34. The Labute approximate surface area is 126 Å². The van der Waals surface area contributed by atoms with Gasteiger partial charge in [-0.2, -0.15) is 0 Å². The Bertz CT molecular complexity index is 272. The van der Waals surface area contributed by atoms with E-state index in [1.165, 1.54) is 32.1 Å². The molecule has 1 amide bonds. The van der Waals surface area contributed by atoms with Gasteiger partial charge in [-0.05, 0) is 24.7 Å². The van der Waals surface area contributed by atoms with Crippen LogP contribution in [0.3, 0.4) is 0 Å². The van der Waals surface area contributed by atoms with Crippen molar-refractivity contribution in [3.05, 3.63) is 13.2 Å². The van der Waals surface area contributed by atoms with Crippen molar-refractivity contribution in [2.24, 2.45) is 23.0 Å². The van der Waals surface area contributed by atoms with Crippen molar-refractivity contribution in [3.8, 4) is 0 Å². The summed E-state index contributed by atoms with van der Waals surface area (Å²) in [5.41, 5.74) is 5.03. The molecule has 2 aliphatic carbocycles. The Morgan fingerprint density at radius 1 is 1.30 bits per heavy atom. The second-order valence-electron chi connectivity index (χ2n) is 6.45. The molecular formula is C17H35NO2. The first kappa shape index (κ1) is 19.0. The quantitative estimate of drug-likeness (QED) is 0.729. The van der Waals surface area contributed by atoms with Gasteiger partial charge in [-0.25, -0.2) is 4.79 Å². The lowest BCUT2D eigenvalue weighted by Gasteiger charge is -2.24. The summed E-state index contributed by atoms with van der Waals surface area (Å²) in [5, 5.41) is 0. The molecule has 2 N–H and O–H groups in total. The van der Waals surface area contributed by atoms with E-state index in [0.29, 0.717) is 6.61 Å². The van der Waals surface area contributed by atoms with Crippen LogP contribution in [0, 0.1) is 17.3 Å². The van der Waals surface area contributed by atoms with Crippen molar-refractivity contribution < 1.29 is 11.0 Å². The zero-order valence-electron chi connectivity index (χ0n) is 13.6. The molecule has 2 saturated carbocycles. The minimum absolute atomic E-state index is 0. The smallest absolute Gasteiger partial charge is 0.404 e. The maximum absolute atomic E-state index is 10.1. The molecule has 0 heterocycles. The molecule has 0 aliphatic heterocycles. The number of ether oxygens (including phenoxy) is 1. The third-order valence-electron chi connectivity index (χ3n) is 4.38. The number of amides is 1. The van der Waals surface area contributed by atoms with Crippen molar-refractivity contribution in [1.29, 1.82) is 0 Å². The van der Waals surface area contributed by atoms with Crippen LogP contribution in [0.4, 0.5) is 4.79 Å². The second-order valence-corrected chi connectivity index (χ2v) is 6.45. The first-order chi connectivity index (χ1) is 9.45. The highest BCUT2D eigenvalue weighted by Crippen LogP contribution is 2.44. The number of primary amides is 1. The first-order valence-electron chi connectivity index (χ1n) is 7.87. The van der Waals surface area contributed by atoms with Gasteiger partial charge in [0.15, 0.2) is 0 Å². The van der Waals surface area contributed by atoms with Crippen LogP contribution >= 0.6 is 0 Å². The lowest BCUT2D eigenvalue weighted by molar-refractivity contribution is 0.134. The summed E-state index contributed by atoms with van der Waals surface area (Å²) >= 11 is 0. The van der Waals surface area contributed by atoms with Crippen molar-refractivity contribution >= 4 is 6.09 Å². The molecular weight excluding hydrogens is 250 g/mol. The Kier molecular flexibility index (Phi) is 9.35. The summed E-state index contributed by atoms with van der Waals surface area (Å²) in [5.74, 6) is 2.09. The first-order valence-corrected chi connectivity index (χ1v) is 7.87. The number of rotatable bonds is 3. The maximum atomic E-state index is 10.1. The van der Waals surface area contributed by atoms with Crippen LogP contribution in [0.25, 0.3) is 0 Å². The minimum Gasteiger partial charge on any atom is -0.449 e.